The predicted octanol–water partition coefficient (Wildman–Crippen LogP) is 3.87. The monoisotopic (exact) mass is 326 g/mol. The van der Waals surface area contributed by atoms with Crippen molar-refractivity contribution in [2.24, 2.45) is 5.92 Å². The number of aromatic nitrogens is 1. The minimum atomic E-state index is 0.0800. The van der Waals surface area contributed by atoms with E-state index in [1.807, 2.05) is 18.2 Å². The number of benzene rings is 1. The van der Waals surface area contributed by atoms with E-state index < -0.39 is 0 Å². The molecule has 1 aliphatic rings. The maximum absolute atomic E-state index is 12.0. The van der Waals surface area contributed by atoms with E-state index in [9.17, 15) is 4.79 Å². The Morgan fingerprint density at radius 2 is 2.12 bits per heavy atom. The van der Waals surface area contributed by atoms with Gasteiger partial charge in [-0.15, -0.1) is 0 Å². The van der Waals surface area contributed by atoms with Crippen LogP contribution < -0.4 is 5.32 Å². The van der Waals surface area contributed by atoms with Gasteiger partial charge in [-0.25, -0.2) is 14.8 Å². The van der Waals surface area contributed by atoms with Gasteiger partial charge in [0.1, 0.15) is 12.4 Å². The topological polar surface area (TPSA) is 60.5 Å². The molecule has 2 aromatic rings. The van der Waals surface area contributed by atoms with Gasteiger partial charge in [0.05, 0.1) is 7.11 Å². The van der Waals surface area contributed by atoms with E-state index in [-0.39, 0.29) is 11.8 Å². The third-order valence-corrected chi connectivity index (χ3v) is 4.45. The van der Waals surface area contributed by atoms with Crippen molar-refractivity contribution in [3.05, 3.63) is 47.7 Å². The van der Waals surface area contributed by atoms with Crippen LogP contribution in [0.1, 0.15) is 30.4 Å². The minimum Gasteiger partial charge on any atom is -0.310 e. The molecule has 5 heteroatoms. The summed E-state index contributed by atoms with van der Waals surface area (Å²) in [6.07, 6.45) is 4.91. The molecule has 1 aliphatic carbocycles. The summed E-state index contributed by atoms with van der Waals surface area (Å²) in [6.45, 7) is 2.45. The SMILES string of the molecule is COOCc1ccc(C)c(-c2ccc(NC(=O)C3CCC3)nc2)c1. The lowest BCUT2D eigenvalue weighted by atomic mass is 9.85. The van der Waals surface area contributed by atoms with Crippen molar-refractivity contribution in [1.82, 2.24) is 4.98 Å². The largest absolute Gasteiger partial charge is 0.310 e. The number of pyridine rings is 1. The van der Waals surface area contributed by atoms with Gasteiger partial charge in [-0.3, -0.25) is 4.79 Å². The Balaban J connectivity index is 1.73. The smallest absolute Gasteiger partial charge is 0.228 e. The first-order chi connectivity index (χ1) is 11.7. The summed E-state index contributed by atoms with van der Waals surface area (Å²) in [5.74, 6) is 0.842. The number of nitrogens with one attached hydrogen (secondary N) is 1. The van der Waals surface area contributed by atoms with Crippen LogP contribution in [-0.2, 0) is 21.2 Å². The Kier molecular flexibility index (Phi) is 5.23. The van der Waals surface area contributed by atoms with Crippen LogP contribution in [-0.4, -0.2) is 18.0 Å². The van der Waals surface area contributed by atoms with Gasteiger partial charge in [0.2, 0.25) is 5.91 Å². The van der Waals surface area contributed by atoms with Crippen molar-refractivity contribution in [2.45, 2.75) is 32.8 Å². The molecule has 1 heterocycles. The third-order valence-electron chi connectivity index (χ3n) is 4.45. The highest BCUT2D eigenvalue weighted by Gasteiger charge is 2.25. The van der Waals surface area contributed by atoms with Crippen molar-refractivity contribution in [3.63, 3.8) is 0 Å². The molecule has 0 bridgehead atoms. The predicted molar refractivity (Wildman–Crippen MR) is 92.2 cm³/mol. The molecular formula is C19H22N2O3. The molecule has 126 valence electrons. The summed E-state index contributed by atoms with van der Waals surface area (Å²) in [4.78, 5) is 26.0. The molecule has 1 N–H and O–H groups in total. The normalized spacial score (nSPS) is 14.2. The summed E-state index contributed by atoms with van der Waals surface area (Å²) in [7, 11) is 1.50. The fourth-order valence-corrected chi connectivity index (χ4v) is 2.72. The van der Waals surface area contributed by atoms with E-state index in [4.69, 9.17) is 4.89 Å². The van der Waals surface area contributed by atoms with E-state index >= 15 is 0 Å². The zero-order valence-electron chi connectivity index (χ0n) is 14.0. The Morgan fingerprint density at radius 3 is 2.75 bits per heavy atom. The summed E-state index contributed by atoms with van der Waals surface area (Å²) in [5.41, 5.74) is 4.29. The molecule has 0 radical (unpaired) electrons. The van der Waals surface area contributed by atoms with Crippen LogP contribution in [0.15, 0.2) is 36.5 Å². The fraction of sp³-hybridized carbons (Fsp3) is 0.368. The molecule has 0 spiro atoms. The van der Waals surface area contributed by atoms with E-state index in [0.29, 0.717) is 12.4 Å². The van der Waals surface area contributed by atoms with E-state index in [2.05, 4.69) is 34.2 Å². The van der Waals surface area contributed by atoms with Crippen LogP contribution in [0.5, 0.6) is 0 Å². The number of anilines is 1. The molecular weight excluding hydrogens is 304 g/mol. The molecule has 1 aromatic carbocycles. The lowest BCUT2D eigenvalue weighted by Crippen LogP contribution is -2.28. The molecule has 1 aromatic heterocycles. The standard InChI is InChI=1S/C19H22N2O3/c1-13-6-7-14(12-24-23-2)10-17(13)16-8-9-18(20-11-16)21-19(22)15-4-3-5-15/h6-11,15H,3-5,12H2,1-2H3,(H,20,21,22). The number of carbonyl (C=O) groups is 1. The Bertz CT molecular complexity index is 709. The summed E-state index contributed by atoms with van der Waals surface area (Å²) >= 11 is 0. The third kappa shape index (κ3) is 3.80. The second-order valence-electron chi connectivity index (χ2n) is 6.13. The molecule has 1 amide bonds. The summed E-state index contributed by atoms with van der Waals surface area (Å²) < 4.78 is 0. The molecule has 0 aliphatic heterocycles. The number of hydrogen-bond donors (Lipinski definition) is 1. The lowest BCUT2D eigenvalue weighted by molar-refractivity contribution is -0.282. The number of aryl methyl sites for hydroxylation is 1. The number of nitrogens with zero attached hydrogens (tertiary/aromatic N) is 1. The molecule has 5 nitrogen and oxygen atoms in total. The van der Waals surface area contributed by atoms with Crippen molar-refractivity contribution in [1.29, 1.82) is 0 Å². The molecule has 24 heavy (non-hydrogen) atoms. The maximum Gasteiger partial charge on any atom is 0.228 e. The first kappa shape index (κ1) is 16.6. The number of amides is 1. The van der Waals surface area contributed by atoms with E-state index in [1.165, 1.54) is 7.11 Å². The molecule has 3 rings (SSSR count). The van der Waals surface area contributed by atoms with Gasteiger partial charge in [-0.1, -0.05) is 18.6 Å². The summed E-state index contributed by atoms with van der Waals surface area (Å²) in [5, 5.41) is 2.89. The Labute approximate surface area is 141 Å². The van der Waals surface area contributed by atoms with Crippen molar-refractivity contribution >= 4 is 11.7 Å². The first-order valence-electron chi connectivity index (χ1n) is 8.20. The Hall–Kier alpha value is -2.24. The van der Waals surface area contributed by atoms with Gasteiger partial charge in [0.25, 0.3) is 0 Å². The minimum absolute atomic E-state index is 0.0800. The lowest BCUT2D eigenvalue weighted by Gasteiger charge is -2.23. The van der Waals surface area contributed by atoms with Crippen LogP contribution in [0.4, 0.5) is 5.82 Å². The highest BCUT2D eigenvalue weighted by atomic mass is 17.2. The Morgan fingerprint density at radius 1 is 1.29 bits per heavy atom. The van der Waals surface area contributed by atoms with Gasteiger partial charge < -0.3 is 5.32 Å². The van der Waals surface area contributed by atoms with Gasteiger partial charge in [0, 0.05) is 17.7 Å². The quantitative estimate of drug-likeness (QED) is 0.646. The van der Waals surface area contributed by atoms with Gasteiger partial charge in [-0.2, -0.15) is 0 Å². The number of rotatable bonds is 6. The molecule has 0 unspecified atom stereocenters. The first-order valence-corrected chi connectivity index (χ1v) is 8.20. The van der Waals surface area contributed by atoms with Crippen molar-refractivity contribution < 1.29 is 14.6 Å². The van der Waals surface area contributed by atoms with E-state index in [0.717, 1.165) is 41.5 Å². The number of carbonyl (C=O) groups excluding carboxylic acids is 1. The second-order valence-corrected chi connectivity index (χ2v) is 6.13. The van der Waals surface area contributed by atoms with Gasteiger partial charge in [-0.05, 0) is 54.7 Å². The van der Waals surface area contributed by atoms with Gasteiger partial charge >= 0.3 is 0 Å². The average Bonchev–Trinajstić information content (AvgIpc) is 2.53. The molecule has 1 saturated carbocycles. The van der Waals surface area contributed by atoms with Crippen LogP contribution in [0.25, 0.3) is 11.1 Å². The maximum atomic E-state index is 12.0. The fourth-order valence-electron chi connectivity index (χ4n) is 2.72. The van der Waals surface area contributed by atoms with Gasteiger partial charge in [0.15, 0.2) is 0 Å². The average molecular weight is 326 g/mol. The molecule has 0 saturated heterocycles. The molecule has 0 atom stereocenters. The van der Waals surface area contributed by atoms with Crippen LogP contribution in [0.2, 0.25) is 0 Å². The van der Waals surface area contributed by atoms with E-state index in [1.54, 1.807) is 6.20 Å². The van der Waals surface area contributed by atoms with Crippen LogP contribution >= 0.6 is 0 Å². The van der Waals surface area contributed by atoms with Crippen LogP contribution in [0, 0.1) is 12.8 Å². The van der Waals surface area contributed by atoms with Crippen LogP contribution in [0.3, 0.4) is 0 Å². The molecule has 1 fully saturated rings. The van der Waals surface area contributed by atoms with Crippen molar-refractivity contribution in [2.75, 3.05) is 12.4 Å². The number of hydrogen-bond acceptors (Lipinski definition) is 4. The zero-order valence-corrected chi connectivity index (χ0v) is 14.0. The van der Waals surface area contributed by atoms with Crippen molar-refractivity contribution in [3.8, 4) is 11.1 Å². The zero-order chi connectivity index (χ0) is 16.9. The summed E-state index contributed by atoms with van der Waals surface area (Å²) in [6, 6.07) is 9.96. The second kappa shape index (κ2) is 7.55. The highest BCUT2D eigenvalue weighted by Crippen LogP contribution is 2.28. The highest BCUT2D eigenvalue weighted by molar-refractivity contribution is 5.92.